The number of rotatable bonds is 4. The van der Waals surface area contributed by atoms with Gasteiger partial charge in [-0.1, -0.05) is 25.7 Å². The lowest BCUT2D eigenvalue weighted by molar-refractivity contribution is 0.0303. The molecule has 0 amide bonds. The van der Waals surface area contributed by atoms with Crippen molar-refractivity contribution in [1.29, 1.82) is 0 Å². The van der Waals surface area contributed by atoms with E-state index in [2.05, 4.69) is 9.71 Å². The standard InChI is InChI=1S/C13H20N2O4S/c16-12-6-5-11(9-14-12)20(18,19)15-10-13(17)7-3-1-2-4-8-13/h5-6,9,15,17H,1-4,7-8,10H2,(H,14,16). The highest BCUT2D eigenvalue weighted by molar-refractivity contribution is 7.89. The van der Waals surface area contributed by atoms with Crippen molar-refractivity contribution in [3.63, 3.8) is 0 Å². The van der Waals surface area contributed by atoms with Crippen molar-refractivity contribution < 1.29 is 13.5 Å². The van der Waals surface area contributed by atoms with Gasteiger partial charge in [-0.2, -0.15) is 0 Å². The van der Waals surface area contributed by atoms with Crippen LogP contribution >= 0.6 is 0 Å². The van der Waals surface area contributed by atoms with Gasteiger partial charge in [0.1, 0.15) is 0 Å². The highest BCUT2D eigenvalue weighted by Crippen LogP contribution is 2.26. The average molecular weight is 300 g/mol. The number of nitrogens with one attached hydrogen (secondary N) is 2. The molecule has 0 atom stereocenters. The van der Waals surface area contributed by atoms with E-state index in [-0.39, 0.29) is 17.0 Å². The summed E-state index contributed by atoms with van der Waals surface area (Å²) in [5.74, 6) is 0. The molecule has 0 radical (unpaired) electrons. The summed E-state index contributed by atoms with van der Waals surface area (Å²) in [6, 6.07) is 2.41. The highest BCUT2D eigenvalue weighted by Gasteiger charge is 2.29. The molecule has 2 rings (SSSR count). The van der Waals surface area contributed by atoms with Crippen LogP contribution in [0.3, 0.4) is 0 Å². The first kappa shape index (κ1) is 15.2. The number of hydrogen-bond acceptors (Lipinski definition) is 4. The Morgan fingerprint density at radius 2 is 1.85 bits per heavy atom. The number of sulfonamides is 1. The molecule has 0 unspecified atom stereocenters. The smallest absolute Gasteiger partial charge is 0.247 e. The van der Waals surface area contributed by atoms with Gasteiger partial charge in [0.05, 0.1) is 10.5 Å². The van der Waals surface area contributed by atoms with Gasteiger partial charge in [-0.15, -0.1) is 0 Å². The molecule has 1 aliphatic carbocycles. The van der Waals surface area contributed by atoms with E-state index in [0.29, 0.717) is 12.8 Å². The van der Waals surface area contributed by atoms with Crippen LogP contribution < -0.4 is 10.3 Å². The lowest BCUT2D eigenvalue weighted by atomic mass is 9.95. The van der Waals surface area contributed by atoms with Crippen molar-refractivity contribution in [2.24, 2.45) is 0 Å². The molecule has 1 saturated carbocycles. The summed E-state index contributed by atoms with van der Waals surface area (Å²) in [7, 11) is -3.71. The molecular formula is C13H20N2O4S. The summed E-state index contributed by atoms with van der Waals surface area (Å²) in [6.45, 7) is 0.00839. The Morgan fingerprint density at radius 1 is 1.20 bits per heavy atom. The number of aromatic nitrogens is 1. The summed E-state index contributed by atoms with van der Waals surface area (Å²) in [5, 5.41) is 10.4. The van der Waals surface area contributed by atoms with Crippen LogP contribution in [0.2, 0.25) is 0 Å². The molecule has 0 spiro atoms. The van der Waals surface area contributed by atoms with Gasteiger partial charge < -0.3 is 10.1 Å². The van der Waals surface area contributed by atoms with Gasteiger partial charge in [-0.05, 0) is 18.9 Å². The van der Waals surface area contributed by atoms with E-state index in [4.69, 9.17) is 0 Å². The average Bonchev–Trinajstić information content (AvgIpc) is 2.63. The Kier molecular flexibility index (Phi) is 4.62. The van der Waals surface area contributed by atoms with E-state index >= 15 is 0 Å². The second kappa shape index (κ2) is 6.07. The van der Waals surface area contributed by atoms with Gasteiger partial charge in [0.15, 0.2) is 0 Å². The van der Waals surface area contributed by atoms with Gasteiger partial charge in [-0.25, -0.2) is 13.1 Å². The zero-order chi connectivity index (χ0) is 14.6. The van der Waals surface area contributed by atoms with E-state index in [1.807, 2.05) is 0 Å². The van der Waals surface area contributed by atoms with Crippen molar-refractivity contribution in [2.45, 2.75) is 49.0 Å². The fourth-order valence-corrected chi connectivity index (χ4v) is 3.53. The summed E-state index contributed by atoms with van der Waals surface area (Å²) < 4.78 is 26.6. The molecule has 3 N–H and O–H groups in total. The first-order chi connectivity index (χ1) is 9.41. The van der Waals surface area contributed by atoms with Crippen LogP contribution in [0.25, 0.3) is 0 Å². The summed E-state index contributed by atoms with van der Waals surface area (Å²) in [6.07, 6.45) is 6.36. The third-order valence-corrected chi connectivity index (χ3v) is 5.09. The van der Waals surface area contributed by atoms with Gasteiger partial charge in [-0.3, -0.25) is 4.79 Å². The molecule has 1 fully saturated rings. The molecule has 0 saturated heterocycles. The Morgan fingerprint density at radius 3 is 2.40 bits per heavy atom. The van der Waals surface area contributed by atoms with Crippen molar-refractivity contribution >= 4 is 10.0 Å². The van der Waals surface area contributed by atoms with Gasteiger partial charge in [0.25, 0.3) is 0 Å². The highest BCUT2D eigenvalue weighted by atomic mass is 32.2. The second-order valence-corrected chi connectivity index (χ2v) is 7.12. The molecule has 7 heteroatoms. The first-order valence-electron chi connectivity index (χ1n) is 6.82. The maximum absolute atomic E-state index is 12.1. The summed E-state index contributed by atoms with van der Waals surface area (Å²) in [4.78, 5) is 13.3. The predicted molar refractivity (Wildman–Crippen MR) is 74.9 cm³/mol. The zero-order valence-electron chi connectivity index (χ0n) is 11.3. The van der Waals surface area contributed by atoms with E-state index in [1.54, 1.807) is 0 Å². The van der Waals surface area contributed by atoms with Crippen molar-refractivity contribution in [3.8, 4) is 0 Å². The minimum Gasteiger partial charge on any atom is -0.389 e. The van der Waals surface area contributed by atoms with Crippen LogP contribution in [0.1, 0.15) is 38.5 Å². The maximum atomic E-state index is 12.1. The monoisotopic (exact) mass is 300 g/mol. The molecule has 1 aliphatic rings. The van der Waals surface area contributed by atoms with E-state index in [9.17, 15) is 18.3 Å². The zero-order valence-corrected chi connectivity index (χ0v) is 12.1. The molecule has 1 aromatic rings. The van der Waals surface area contributed by atoms with Gasteiger partial charge in [0.2, 0.25) is 15.6 Å². The molecule has 20 heavy (non-hydrogen) atoms. The maximum Gasteiger partial charge on any atom is 0.247 e. The molecule has 0 bridgehead atoms. The van der Waals surface area contributed by atoms with Crippen LogP contribution in [0, 0.1) is 0 Å². The van der Waals surface area contributed by atoms with Crippen molar-refractivity contribution in [2.75, 3.05) is 6.54 Å². The molecule has 1 heterocycles. The third kappa shape index (κ3) is 3.91. The molecule has 0 aliphatic heterocycles. The SMILES string of the molecule is O=c1ccc(S(=O)(=O)NCC2(O)CCCCCC2)c[nH]1. The van der Waals surface area contributed by atoms with Crippen LogP contribution in [0.15, 0.2) is 28.0 Å². The first-order valence-corrected chi connectivity index (χ1v) is 8.30. The number of aliphatic hydroxyl groups is 1. The second-order valence-electron chi connectivity index (χ2n) is 5.35. The van der Waals surface area contributed by atoms with E-state index in [0.717, 1.165) is 37.9 Å². The predicted octanol–water partition coefficient (Wildman–Crippen LogP) is 0.738. The topological polar surface area (TPSA) is 99.3 Å². The minimum absolute atomic E-state index is 0.00526. The van der Waals surface area contributed by atoms with Crippen molar-refractivity contribution in [1.82, 2.24) is 9.71 Å². The molecule has 112 valence electrons. The van der Waals surface area contributed by atoms with E-state index < -0.39 is 15.6 Å². The number of H-pyrrole nitrogens is 1. The third-order valence-electron chi connectivity index (χ3n) is 3.69. The Hall–Kier alpha value is -1.18. The van der Waals surface area contributed by atoms with Crippen LogP contribution in [0.5, 0.6) is 0 Å². The fraction of sp³-hybridized carbons (Fsp3) is 0.615. The number of pyridine rings is 1. The minimum atomic E-state index is -3.71. The van der Waals surface area contributed by atoms with Crippen LogP contribution in [0.4, 0.5) is 0 Å². The normalized spacial score (nSPS) is 19.4. The largest absolute Gasteiger partial charge is 0.389 e. The van der Waals surface area contributed by atoms with Crippen LogP contribution in [-0.2, 0) is 10.0 Å². The van der Waals surface area contributed by atoms with Gasteiger partial charge in [0, 0.05) is 18.8 Å². The molecular weight excluding hydrogens is 280 g/mol. The lowest BCUT2D eigenvalue weighted by Crippen LogP contribution is -2.42. The Labute approximate surface area is 118 Å². The Bertz CT molecular complexity index is 581. The fourth-order valence-electron chi connectivity index (χ4n) is 2.44. The van der Waals surface area contributed by atoms with Crippen LogP contribution in [-0.4, -0.2) is 30.7 Å². The Balaban J connectivity index is 2.05. The summed E-state index contributed by atoms with van der Waals surface area (Å²) >= 11 is 0. The van der Waals surface area contributed by atoms with E-state index in [1.165, 1.54) is 6.07 Å². The number of hydrogen-bond donors (Lipinski definition) is 3. The van der Waals surface area contributed by atoms with Gasteiger partial charge >= 0.3 is 0 Å². The quantitative estimate of drug-likeness (QED) is 0.714. The summed E-state index contributed by atoms with van der Waals surface area (Å²) in [5.41, 5.74) is -1.32. The molecule has 1 aromatic heterocycles. The molecule has 0 aromatic carbocycles. The molecule has 6 nitrogen and oxygen atoms in total. The number of aromatic amines is 1. The lowest BCUT2D eigenvalue weighted by Gasteiger charge is -2.26. The van der Waals surface area contributed by atoms with Crippen molar-refractivity contribution in [3.05, 3.63) is 28.7 Å².